The van der Waals surface area contributed by atoms with Crippen molar-refractivity contribution < 1.29 is 4.79 Å². The highest BCUT2D eigenvalue weighted by Gasteiger charge is 2.46. The van der Waals surface area contributed by atoms with Crippen molar-refractivity contribution in [2.45, 2.75) is 70.9 Å². The zero-order valence-electron chi connectivity index (χ0n) is 24.7. The number of allylic oxidation sites excluding steroid dienone is 2. The molecule has 3 aliphatic rings. The van der Waals surface area contributed by atoms with E-state index in [2.05, 4.69) is 92.8 Å². The van der Waals surface area contributed by atoms with Crippen molar-refractivity contribution in [3.8, 4) is 0 Å². The summed E-state index contributed by atoms with van der Waals surface area (Å²) in [7, 11) is 2.19. The van der Waals surface area contributed by atoms with Crippen LogP contribution in [0.1, 0.15) is 76.6 Å². The Morgan fingerprint density at radius 2 is 1.68 bits per heavy atom. The Balaban J connectivity index is 1.48. The van der Waals surface area contributed by atoms with Crippen LogP contribution in [0, 0.1) is 5.41 Å². The molecule has 210 valence electrons. The molecule has 1 aromatic heterocycles. The van der Waals surface area contributed by atoms with Gasteiger partial charge in [-0.25, -0.2) is 4.98 Å². The zero-order valence-corrected chi connectivity index (χ0v) is 25.4. The molecule has 0 amide bonds. The number of benzene rings is 3. The van der Waals surface area contributed by atoms with E-state index in [1.165, 1.54) is 16.8 Å². The minimum Gasteiger partial charge on any atom is -0.369 e. The van der Waals surface area contributed by atoms with E-state index < -0.39 is 0 Å². The Morgan fingerprint density at radius 1 is 0.951 bits per heavy atom. The summed E-state index contributed by atoms with van der Waals surface area (Å²) in [6.07, 6.45) is 2.30. The third-order valence-corrected chi connectivity index (χ3v) is 10.0. The SMILES string of the molecule is CN1c2ccc(C3C4=C(CC(C)(C)CC4=O)Nc4nc5ccccc5n43)cc2C(C)(c2ccc(Cl)cc2)CC1(C)C. The lowest BCUT2D eigenvalue weighted by molar-refractivity contribution is -0.118. The van der Waals surface area contributed by atoms with Gasteiger partial charge in [-0.05, 0) is 79.1 Å². The number of halogens is 1. The summed E-state index contributed by atoms with van der Waals surface area (Å²) in [5.74, 6) is 1.02. The monoisotopic (exact) mass is 564 g/mol. The number of nitrogens with one attached hydrogen (secondary N) is 1. The molecule has 2 unspecified atom stereocenters. The van der Waals surface area contributed by atoms with Crippen LogP contribution in [0.15, 0.2) is 78.0 Å². The number of hydrogen-bond donors (Lipinski definition) is 1. The molecular weight excluding hydrogens is 528 g/mol. The molecule has 4 aromatic rings. The van der Waals surface area contributed by atoms with Gasteiger partial charge in [0.05, 0.1) is 17.1 Å². The van der Waals surface area contributed by atoms with Gasteiger partial charge in [-0.1, -0.05) is 68.8 Å². The third kappa shape index (κ3) is 3.96. The smallest absolute Gasteiger partial charge is 0.209 e. The summed E-state index contributed by atoms with van der Waals surface area (Å²) >= 11 is 6.33. The van der Waals surface area contributed by atoms with Gasteiger partial charge in [-0.15, -0.1) is 0 Å². The standard InChI is InChI=1S/C35H37ClN4O/c1-33(2)18-26-30(29(41)19-33)31(40-28-10-8-7-9-25(28)37-32(40)38-26)21-11-16-27-24(17-21)35(5,20-34(3,4)39(27)6)22-12-14-23(36)15-13-22/h7-17,31H,18-20H2,1-6H3,(H,37,38). The lowest BCUT2D eigenvalue weighted by atomic mass is 9.64. The van der Waals surface area contributed by atoms with E-state index in [9.17, 15) is 4.79 Å². The predicted octanol–water partition coefficient (Wildman–Crippen LogP) is 8.27. The highest BCUT2D eigenvalue weighted by atomic mass is 35.5. The number of Topliss-reactive ketones (excluding diaryl/α,β-unsaturated/α-hetero) is 1. The molecule has 0 saturated heterocycles. The van der Waals surface area contributed by atoms with Gasteiger partial charge in [-0.3, -0.25) is 9.36 Å². The minimum atomic E-state index is -0.253. The molecule has 0 spiro atoms. The highest BCUT2D eigenvalue weighted by molar-refractivity contribution is 6.30. The Morgan fingerprint density at radius 3 is 2.44 bits per heavy atom. The molecule has 2 atom stereocenters. The molecule has 2 aliphatic heterocycles. The molecule has 0 saturated carbocycles. The van der Waals surface area contributed by atoms with Gasteiger partial charge in [0, 0.05) is 46.4 Å². The maximum absolute atomic E-state index is 13.9. The number of imidazole rings is 1. The van der Waals surface area contributed by atoms with Crippen molar-refractivity contribution in [1.29, 1.82) is 0 Å². The number of hydrogen-bond acceptors (Lipinski definition) is 4. The van der Waals surface area contributed by atoms with Crippen LogP contribution < -0.4 is 10.2 Å². The van der Waals surface area contributed by atoms with Gasteiger partial charge in [-0.2, -0.15) is 0 Å². The fourth-order valence-electron chi connectivity index (χ4n) is 7.68. The van der Waals surface area contributed by atoms with Gasteiger partial charge in [0.15, 0.2) is 5.78 Å². The molecule has 7 rings (SSSR count). The van der Waals surface area contributed by atoms with E-state index in [1.54, 1.807) is 0 Å². The zero-order chi connectivity index (χ0) is 28.9. The molecule has 1 aliphatic carbocycles. The number of aromatic nitrogens is 2. The molecular formula is C35H37ClN4O. The Labute approximate surface area is 247 Å². The lowest BCUT2D eigenvalue weighted by Crippen LogP contribution is -2.51. The molecule has 5 nitrogen and oxygen atoms in total. The third-order valence-electron chi connectivity index (χ3n) is 9.78. The van der Waals surface area contributed by atoms with Crippen LogP contribution in [0.4, 0.5) is 11.6 Å². The fourth-order valence-corrected chi connectivity index (χ4v) is 7.80. The first-order chi connectivity index (χ1) is 19.4. The lowest BCUT2D eigenvalue weighted by Gasteiger charge is -2.51. The van der Waals surface area contributed by atoms with E-state index in [4.69, 9.17) is 16.6 Å². The summed E-state index contributed by atoms with van der Waals surface area (Å²) in [5, 5.41) is 4.33. The second-order valence-corrected chi connectivity index (χ2v) is 14.3. The Bertz CT molecular complexity index is 1760. The van der Waals surface area contributed by atoms with E-state index in [0.29, 0.717) is 6.42 Å². The second-order valence-electron chi connectivity index (χ2n) is 13.8. The number of fused-ring (bicyclic) bond motifs is 4. The summed E-state index contributed by atoms with van der Waals surface area (Å²) in [5.41, 5.74) is 8.30. The average Bonchev–Trinajstić information content (AvgIpc) is 3.28. The fraction of sp³-hybridized carbons (Fsp3) is 0.371. The molecule has 0 fully saturated rings. The molecule has 3 aromatic carbocycles. The normalized spacial score (nSPS) is 24.5. The highest BCUT2D eigenvalue weighted by Crippen LogP contribution is 2.52. The quantitative estimate of drug-likeness (QED) is 0.266. The molecule has 41 heavy (non-hydrogen) atoms. The van der Waals surface area contributed by atoms with Crippen LogP contribution in [0.5, 0.6) is 0 Å². The van der Waals surface area contributed by atoms with Crippen LogP contribution in [-0.4, -0.2) is 27.9 Å². The molecule has 1 N–H and O–H groups in total. The van der Waals surface area contributed by atoms with Crippen molar-refractivity contribution in [3.63, 3.8) is 0 Å². The van der Waals surface area contributed by atoms with Crippen molar-refractivity contribution in [3.05, 3.63) is 99.7 Å². The van der Waals surface area contributed by atoms with Gasteiger partial charge >= 0.3 is 0 Å². The number of nitrogens with zero attached hydrogens (tertiary/aromatic N) is 3. The van der Waals surface area contributed by atoms with E-state index in [0.717, 1.165) is 51.7 Å². The first kappa shape index (κ1) is 26.3. The van der Waals surface area contributed by atoms with Gasteiger partial charge in [0.25, 0.3) is 0 Å². The number of carbonyl (C=O) groups is 1. The number of anilines is 2. The van der Waals surface area contributed by atoms with E-state index >= 15 is 0 Å². The summed E-state index contributed by atoms with van der Waals surface area (Å²) in [4.78, 5) is 21.3. The van der Waals surface area contributed by atoms with E-state index in [-0.39, 0.29) is 28.2 Å². The van der Waals surface area contributed by atoms with Crippen molar-refractivity contribution >= 4 is 40.1 Å². The van der Waals surface area contributed by atoms with E-state index in [1.807, 2.05) is 30.3 Å². The van der Waals surface area contributed by atoms with Crippen molar-refractivity contribution in [1.82, 2.24) is 9.55 Å². The topological polar surface area (TPSA) is 50.2 Å². The molecule has 3 heterocycles. The number of carbonyl (C=O) groups excluding carboxylic acids is 1. The second kappa shape index (κ2) is 8.72. The van der Waals surface area contributed by atoms with Crippen LogP contribution in [-0.2, 0) is 10.2 Å². The largest absolute Gasteiger partial charge is 0.369 e. The summed E-state index contributed by atoms with van der Waals surface area (Å²) in [6.45, 7) is 11.3. The average molecular weight is 565 g/mol. The van der Waals surface area contributed by atoms with Gasteiger partial charge in [0.1, 0.15) is 0 Å². The summed E-state index contributed by atoms with van der Waals surface area (Å²) in [6, 6.07) is 23.1. The van der Waals surface area contributed by atoms with Gasteiger partial charge in [0.2, 0.25) is 5.95 Å². The van der Waals surface area contributed by atoms with Crippen molar-refractivity contribution in [2.75, 3.05) is 17.3 Å². The first-order valence-electron chi connectivity index (χ1n) is 14.5. The van der Waals surface area contributed by atoms with Crippen LogP contribution >= 0.6 is 11.6 Å². The maximum Gasteiger partial charge on any atom is 0.209 e. The molecule has 0 radical (unpaired) electrons. The number of para-hydroxylation sites is 2. The predicted molar refractivity (Wildman–Crippen MR) is 168 cm³/mol. The van der Waals surface area contributed by atoms with Crippen molar-refractivity contribution in [2.24, 2.45) is 5.41 Å². The Hall–Kier alpha value is -3.57. The maximum atomic E-state index is 13.9. The first-order valence-corrected chi connectivity index (χ1v) is 14.9. The minimum absolute atomic E-state index is 0.0496. The van der Waals surface area contributed by atoms with Crippen LogP contribution in [0.3, 0.4) is 0 Å². The summed E-state index contributed by atoms with van der Waals surface area (Å²) < 4.78 is 2.24. The molecule has 0 bridgehead atoms. The van der Waals surface area contributed by atoms with Crippen LogP contribution in [0.2, 0.25) is 5.02 Å². The van der Waals surface area contributed by atoms with Crippen LogP contribution in [0.25, 0.3) is 11.0 Å². The number of rotatable bonds is 2. The number of ketones is 1. The Kier molecular flexibility index (Phi) is 5.60. The molecule has 6 heteroatoms. The van der Waals surface area contributed by atoms with Gasteiger partial charge < -0.3 is 10.2 Å².